The van der Waals surface area contributed by atoms with Crippen LogP contribution in [0.1, 0.15) is 121 Å². The molecule has 0 amide bonds. The maximum absolute atomic E-state index is 12.0. The number of unbranched alkanes of at least 4 members (excludes halogenated alkanes) is 14. The van der Waals surface area contributed by atoms with Crippen LogP contribution in [0, 0.1) is 0 Å². The molecule has 0 saturated heterocycles. The Morgan fingerprint density at radius 1 is 0.611 bits per heavy atom. The third-order valence-corrected chi connectivity index (χ3v) is 6.81. The fourth-order valence-corrected chi connectivity index (χ4v) is 4.49. The molecule has 2 aromatic rings. The van der Waals surface area contributed by atoms with Crippen molar-refractivity contribution in [3.05, 3.63) is 65.7 Å². The van der Waals surface area contributed by atoms with Crippen molar-refractivity contribution in [3.63, 3.8) is 0 Å². The predicted octanol–water partition coefficient (Wildman–Crippen LogP) is 9.61. The smallest absolute Gasteiger partial charge is 0.305 e. The Morgan fingerprint density at radius 2 is 1.14 bits per heavy atom. The molecule has 0 N–H and O–H groups in total. The number of carbonyl (C=O) groups is 1. The highest BCUT2D eigenvalue weighted by Gasteiger charge is 2.04. The van der Waals surface area contributed by atoms with Crippen molar-refractivity contribution in [2.24, 2.45) is 0 Å². The molecule has 3 heteroatoms. The van der Waals surface area contributed by atoms with Gasteiger partial charge < -0.3 is 9.47 Å². The second kappa shape index (κ2) is 20.9. The molecule has 0 atom stereocenters. The molecule has 36 heavy (non-hydrogen) atoms. The number of hydrogen-bond donors (Lipinski definition) is 0. The van der Waals surface area contributed by atoms with Crippen LogP contribution in [-0.2, 0) is 22.6 Å². The molecule has 0 radical (unpaired) electrons. The maximum atomic E-state index is 12.0. The summed E-state index contributed by atoms with van der Waals surface area (Å²) in [4.78, 5) is 12.0. The van der Waals surface area contributed by atoms with Crippen molar-refractivity contribution >= 4 is 5.97 Å². The zero-order chi connectivity index (χ0) is 25.5. The lowest BCUT2D eigenvalue weighted by Crippen LogP contribution is -2.07. The largest absolute Gasteiger partial charge is 0.489 e. The van der Waals surface area contributed by atoms with E-state index < -0.39 is 0 Å². The van der Waals surface area contributed by atoms with Gasteiger partial charge >= 0.3 is 5.97 Å². The second-order valence-electron chi connectivity index (χ2n) is 10.1. The lowest BCUT2D eigenvalue weighted by Gasteiger charge is -2.08. The maximum Gasteiger partial charge on any atom is 0.305 e. The first kappa shape index (κ1) is 29.9. The fraction of sp³-hybridized carbons (Fsp3) is 0.606. The van der Waals surface area contributed by atoms with E-state index in [0.29, 0.717) is 19.6 Å². The Hall–Kier alpha value is -2.29. The number of carbonyl (C=O) groups excluding carboxylic acids is 1. The van der Waals surface area contributed by atoms with Crippen LogP contribution in [0.15, 0.2) is 54.6 Å². The second-order valence-corrected chi connectivity index (χ2v) is 10.1. The first-order valence-electron chi connectivity index (χ1n) is 14.7. The van der Waals surface area contributed by atoms with Gasteiger partial charge in [0.1, 0.15) is 12.4 Å². The van der Waals surface area contributed by atoms with Crippen LogP contribution in [0.5, 0.6) is 5.75 Å². The summed E-state index contributed by atoms with van der Waals surface area (Å²) in [5.41, 5.74) is 2.31. The molecule has 0 aromatic heterocycles. The molecule has 0 saturated carbocycles. The molecular weight excluding hydrogens is 444 g/mol. The van der Waals surface area contributed by atoms with Crippen molar-refractivity contribution in [1.29, 1.82) is 0 Å². The minimum absolute atomic E-state index is 0.0625. The number of ether oxygens (including phenoxy) is 2. The predicted molar refractivity (Wildman–Crippen MR) is 151 cm³/mol. The molecule has 0 spiro atoms. The molecule has 200 valence electrons. The van der Waals surface area contributed by atoms with Crippen LogP contribution in [0.2, 0.25) is 0 Å². The Kier molecular flexibility index (Phi) is 17.3. The lowest BCUT2D eigenvalue weighted by atomic mass is 10.0. The zero-order valence-corrected chi connectivity index (χ0v) is 22.9. The fourth-order valence-electron chi connectivity index (χ4n) is 4.49. The lowest BCUT2D eigenvalue weighted by molar-refractivity contribution is -0.143. The molecule has 0 aliphatic carbocycles. The Labute approximate surface area is 221 Å². The van der Waals surface area contributed by atoms with Crippen molar-refractivity contribution < 1.29 is 14.3 Å². The summed E-state index contributed by atoms with van der Waals surface area (Å²) in [5.74, 6) is 0.792. The van der Waals surface area contributed by atoms with Gasteiger partial charge in [0.05, 0.1) is 6.61 Å². The van der Waals surface area contributed by atoms with Gasteiger partial charge in [-0.3, -0.25) is 4.79 Å². The highest BCUT2D eigenvalue weighted by Crippen LogP contribution is 2.16. The zero-order valence-electron chi connectivity index (χ0n) is 22.9. The summed E-state index contributed by atoms with van der Waals surface area (Å²) in [6, 6.07) is 18.2. The molecule has 0 fully saturated rings. The molecular formula is C33H50O3. The quantitative estimate of drug-likeness (QED) is 0.121. The molecule has 0 bridgehead atoms. The van der Waals surface area contributed by atoms with Crippen LogP contribution in [-0.4, -0.2) is 12.6 Å². The molecule has 3 nitrogen and oxygen atoms in total. The highest BCUT2D eigenvalue weighted by molar-refractivity contribution is 5.69. The Bertz CT molecular complexity index is 769. The summed E-state index contributed by atoms with van der Waals surface area (Å²) in [5, 5.41) is 0. The molecule has 0 aliphatic heterocycles. The molecule has 2 aromatic carbocycles. The Balaban J connectivity index is 1.36. The minimum Gasteiger partial charge on any atom is -0.489 e. The van der Waals surface area contributed by atoms with E-state index in [4.69, 9.17) is 9.47 Å². The van der Waals surface area contributed by atoms with E-state index in [1.165, 1.54) is 83.5 Å². The van der Waals surface area contributed by atoms with E-state index in [-0.39, 0.29) is 5.97 Å². The van der Waals surface area contributed by atoms with Gasteiger partial charge in [-0.1, -0.05) is 139 Å². The number of benzene rings is 2. The highest BCUT2D eigenvalue weighted by atomic mass is 16.5. The first-order valence-corrected chi connectivity index (χ1v) is 14.7. The van der Waals surface area contributed by atoms with E-state index >= 15 is 0 Å². The van der Waals surface area contributed by atoms with Gasteiger partial charge in [0.2, 0.25) is 0 Å². The normalized spacial score (nSPS) is 10.9. The van der Waals surface area contributed by atoms with E-state index in [1.54, 1.807) is 0 Å². The van der Waals surface area contributed by atoms with Crippen LogP contribution >= 0.6 is 0 Å². The summed E-state index contributed by atoms with van der Waals surface area (Å²) in [7, 11) is 0. The van der Waals surface area contributed by atoms with E-state index in [1.807, 2.05) is 42.5 Å². The van der Waals surface area contributed by atoms with Gasteiger partial charge in [0.25, 0.3) is 0 Å². The van der Waals surface area contributed by atoms with E-state index in [2.05, 4.69) is 19.1 Å². The van der Waals surface area contributed by atoms with Crippen LogP contribution < -0.4 is 4.74 Å². The Morgan fingerprint density at radius 3 is 1.69 bits per heavy atom. The van der Waals surface area contributed by atoms with Crippen LogP contribution in [0.25, 0.3) is 0 Å². The average Bonchev–Trinajstić information content (AvgIpc) is 2.91. The monoisotopic (exact) mass is 494 g/mol. The first-order chi connectivity index (χ1) is 17.8. The molecule has 2 rings (SSSR count). The van der Waals surface area contributed by atoms with Gasteiger partial charge in [-0.2, -0.15) is 0 Å². The minimum atomic E-state index is -0.0625. The van der Waals surface area contributed by atoms with E-state index in [0.717, 1.165) is 36.1 Å². The summed E-state index contributed by atoms with van der Waals surface area (Å²) >= 11 is 0. The number of esters is 1. The third kappa shape index (κ3) is 15.7. The summed E-state index contributed by atoms with van der Waals surface area (Å²) < 4.78 is 11.3. The average molecular weight is 495 g/mol. The van der Waals surface area contributed by atoms with Crippen LogP contribution in [0.4, 0.5) is 0 Å². The summed E-state index contributed by atoms with van der Waals surface area (Å²) in [6.07, 6.45) is 21.3. The third-order valence-electron chi connectivity index (χ3n) is 6.81. The number of rotatable bonds is 22. The van der Waals surface area contributed by atoms with Gasteiger partial charge in [-0.15, -0.1) is 0 Å². The SMILES string of the molecule is CCCCCCCCCCCCCCCCCC(=O)OCCc1ccc(OCc2ccccc2)cc1. The van der Waals surface area contributed by atoms with Crippen molar-refractivity contribution in [2.75, 3.05) is 6.61 Å². The summed E-state index contributed by atoms with van der Waals surface area (Å²) in [6.45, 7) is 3.29. The van der Waals surface area contributed by atoms with Gasteiger partial charge in [0, 0.05) is 12.8 Å². The van der Waals surface area contributed by atoms with Crippen molar-refractivity contribution in [2.45, 2.75) is 123 Å². The van der Waals surface area contributed by atoms with E-state index in [9.17, 15) is 4.79 Å². The van der Waals surface area contributed by atoms with Gasteiger partial charge in [-0.05, 0) is 29.7 Å². The molecule has 0 aliphatic rings. The van der Waals surface area contributed by atoms with Crippen molar-refractivity contribution in [3.8, 4) is 5.75 Å². The van der Waals surface area contributed by atoms with Gasteiger partial charge in [-0.25, -0.2) is 0 Å². The standard InChI is InChI=1S/C33H50O3/c1-2-3-4-5-6-7-8-9-10-11-12-13-14-15-19-22-33(34)35-28-27-30-23-25-32(26-24-30)36-29-31-20-17-16-18-21-31/h16-18,20-21,23-26H,2-15,19,22,27-29H2,1H3. The number of hydrogen-bond acceptors (Lipinski definition) is 3. The molecule has 0 heterocycles. The van der Waals surface area contributed by atoms with Crippen LogP contribution in [0.3, 0.4) is 0 Å². The van der Waals surface area contributed by atoms with Crippen molar-refractivity contribution in [1.82, 2.24) is 0 Å². The van der Waals surface area contributed by atoms with Gasteiger partial charge in [0.15, 0.2) is 0 Å². The molecule has 0 unspecified atom stereocenters. The topological polar surface area (TPSA) is 35.5 Å².